The van der Waals surface area contributed by atoms with Crippen molar-refractivity contribution in [1.29, 1.82) is 0 Å². The number of H-pyrrole nitrogens is 1. The summed E-state index contributed by atoms with van der Waals surface area (Å²) in [6, 6.07) is 5.99. The number of halogens is 4. The molecule has 4 nitrogen and oxygen atoms in total. The van der Waals surface area contributed by atoms with Crippen molar-refractivity contribution in [3.63, 3.8) is 0 Å². The number of carbonyl (C=O) groups is 1. The van der Waals surface area contributed by atoms with Crippen LogP contribution in [0.15, 0.2) is 35.1 Å². The molecular weight excluding hydrogens is 333 g/mol. The smallest absolute Gasteiger partial charge is 0.282 e. The third kappa shape index (κ3) is 3.10. The van der Waals surface area contributed by atoms with Crippen LogP contribution in [0.5, 0.6) is 0 Å². The molecule has 0 aliphatic carbocycles. The molecule has 1 fully saturated rings. The highest BCUT2D eigenvalue weighted by molar-refractivity contribution is 6.29. The molecule has 0 radical (unpaired) electrons. The van der Waals surface area contributed by atoms with E-state index < -0.39 is 36.3 Å². The highest BCUT2D eigenvalue weighted by Gasteiger charge is 2.46. The molecule has 0 atom stereocenters. The number of hydrogen-bond acceptors (Lipinski definition) is 2. The van der Waals surface area contributed by atoms with E-state index in [-0.39, 0.29) is 16.3 Å². The van der Waals surface area contributed by atoms with Crippen LogP contribution in [0.25, 0.3) is 11.1 Å². The summed E-state index contributed by atoms with van der Waals surface area (Å²) in [6.45, 7) is -1.42. The standard InChI is InChI=1S/C15H10ClF3N2O2/c16-12-3-8(4-13(22)20-12)10-2-1-9(17)5-11(10)14(23)21-6-15(18,19)7-21/h1-5H,6-7H2,(H,20,22). The van der Waals surface area contributed by atoms with Crippen LogP contribution in [0.2, 0.25) is 5.15 Å². The summed E-state index contributed by atoms with van der Waals surface area (Å²) in [6.07, 6.45) is 0. The number of aromatic amines is 1. The Morgan fingerprint density at radius 2 is 1.91 bits per heavy atom. The van der Waals surface area contributed by atoms with Gasteiger partial charge in [-0.1, -0.05) is 17.7 Å². The van der Waals surface area contributed by atoms with E-state index in [0.717, 1.165) is 17.0 Å². The van der Waals surface area contributed by atoms with Crippen LogP contribution in [0.3, 0.4) is 0 Å². The third-order valence-electron chi connectivity index (χ3n) is 3.47. The fourth-order valence-electron chi connectivity index (χ4n) is 2.44. The first-order valence-electron chi connectivity index (χ1n) is 6.62. The van der Waals surface area contributed by atoms with Crippen molar-refractivity contribution in [2.45, 2.75) is 5.92 Å². The van der Waals surface area contributed by atoms with E-state index in [1.165, 1.54) is 18.2 Å². The van der Waals surface area contributed by atoms with Crippen LogP contribution in [-0.4, -0.2) is 34.8 Å². The molecule has 23 heavy (non-hydrogen) atoms. The lowest BCUT2D eigenvalue weighted by atomic mass is 9.98. The van der Waals surface area contributed by atoms with Crippen molar-refractivity contribution in [3.8, 4) is 11.1 Å². The molecule has 2 heterocycles. The Kier molecular flexibility index (Phi) is 3.68. The predicted molar refractivity (Wildman–Crippen MR) is 78.3 cm³/mol. The van der Waals surface area contributed by atoms with Gasteiger partial charge in [0.1, 0.15) is 11.0 Å². The molecule has 1 amide bonds. The van der Waals surface area contributed by atoms with E-state index in [2.05, 4.69) is 4.98 Å². The number of benzene rings is 1. The van der Waals surface area contributed by atoms with Gasteiger partial charge in [0.05, 0.1) is 18.7 Å². The predicted octanol–water partition coefficient (Wildman–Crippen LogP) is 2.93. The molecule has 8 heteroatoms. The lowest BCUT2D eigenvalue weighted by Gasteiger charge is -2.39. The molecule has 120 valence electrons. The van der Waals surface area contributed by atoms with E-state index in [1.807, 2.05) is 0 Å². The van der Waals surface area contributed by atoms with Crippen LogP contribution in [-0.2, 0) is 0 Å². The molecule has 1 aromatic carbocycles. The minimum Gasteiger partial charge on any atom is -0.326 e. The Hall–Kier alpha value is -2.28. The maximum absolute atomic E-state index is 13.5. The lowest BCUT2D eigenvalue weighted by molar-refractivity contribution is -0.113. The summed E-state index contributed by atoms with van der Waals surface area (Å²) >= 11 is 5.78. The fraction of sp³-hybridized carbons (Fsp3) is 0.200. The van der Waals surface area contributed by atoms with Crippen LogP contribution in [0.1, 0.15) is 10.4 Å². The van der Waals surface area contributed by atoms with Gasteiger partial charge < -0.3 is 9.88 Å². The minimum atomic E-state index is -2.92. The van der Waals surface area contributed by atoms with Crippen molar-refractivity contribution < 1.29 is 18.0 Å². The first-order chi connectivity index (χ1) is 10.7. The van der Waals surface area contributed by atoms with E-state index in [0.29, 0.717) is 5.56 Å². The number of amides is 1. The monoisotopic (exact) mass is 342 g/mol. The van der Waals surface area contributed by atoms with E-state index in [4.69, 9.17) is 11.6 Å². The van der Waals surface area contributed by atoms with Gasteiger partial charge in [-0.25, -0.2) is 13.2 Å². The third-order valence-corrected chi connectivity index (χ3v) is 3.67. The van der Waals surface area contributed by atoms with E-state index in [1.54, 1.807) is 0 Å². The topological polar surface area (TPSA) is 53.2 Å². The van der Waals surface area contributed by atoms with E-state index in [9.17, 15) is 22.8 Å². The normalized spacial score (nSPS) is 16.1. The van der Waals surface area contributed by atoms with Gasteiger partial charge in [-0.15, -0.1) is 0 Å². The molecule has 1 aliphatic rings. The Balaban J connectivity index is 2.05. The Morgan fingerprint density at radius 3 is 2.52 bits per heavy atom. The van der Waals surface area contributed by atoms with Crippen molar-refractivity contribution in [3.05, 3.63) is 57.2 Å². The zero-order chi connectivity index (χ0) is 16.8. The van der Waals surface area contributed by atoms with Gasteiger partial charge in [0, 0.05) is 6.07 Å². The van der Waals surface area contributed by atoms with E-state index >= 15 is 0 Å². The zero-order valence-electron chi connectivity index (χ0n) is 11.6. The fourth-order valence-corrected chi connectivity index (χ4v) is 2.65. The van der Waals surface area contributed by atoms with Gasteiger partial charge in [-0.3, -0.25) is 9.59 Å². The van der Waals surface area contributed by atoms with Crippen LogP contribution in [0.4, 0.5) is 13.2 Å². The molecule has 0 saturated carbocycles. The highest BCUT2D eigenvalue weighted by Crippen LogP contribution is 2.31. The number of aromatic nitrogens is 1. The summed E-state index contributed by atoms with van der Waals surface area (Å²) in [5, 5.41) is 0.0470. The van der Waals surface area contributed by atoms with Crippen LogP contribution in [0, 0.1) is 5.82 Å². The average molecular weight is 343 g/mol. The molecule has 0 spiro atoms. The molecule has 1 aliphatic heterocycles. The van der Waals surface area contributed by atoms with Crippen LogP contribution >= 0.6 is 11.6 Å². The van der Waals surface area contributed by atoms with Gasteiger partial charge in [-0.05, 0) is 29.3 Å². The average Bonchev–Trinajstić information content (AvgIpc) is 2.42. The highest BCUT2D eigenvalue weighted by atomic mass is 35.5. The molecule has 1 N–H and O–H groups in total. The quantitative estimate of drug-likeness (QED) is 0.853. The number of pyridine rings is 1. The van der Waals surface area contributed by atoms with Crippen LogP contribution < -0.4 is 5.56 Å². The number of likely N-dealkylation sites (tertiary alicyclic amines) is 1. The van der Waals surface area contributed by atoms with Crippen molar-refractivity contribution in [2.75, 3.05) is 13.1 Å². The van der Waals surface area contributed by atoms with Gasteiger partial charge in [0.15, 0.2) is 0 Å². The second-order valence-electron chi connectivity index (χ2n) is 5.29. The zero-order valence-corrected chi connectivity index (χ0v) is 12.3. The van der Waals surface area contributed by atoms with Gasteiger partial charge in [0.25, 0.3) is 11.8 Å². The van der Waals surface area contributed by atoms with Gasteiger partial charge in [0.2, 0.25) is 5.56 Å². The molecule has 3 rings (SSSR count). The molecule has 2 aromatic rings. The maximum atomic E-state index is 13.5. The summed E-state index contributed by atoms with van der Waals surface area (Å²) in [7, 11) is 0. The van der Waals surface area contributed by atoms with Crippen molar-refractivity contribution in [2.24, 2.45) is 0 Å². The number of nitrogens with zero attached hydrogens (tertiary/aromatic N) is 1. The molecule has 0 bridgehead atoms. The first-order valence-corrected chi connectivity index (χ1v) is 7.00. The largest absolute Gasteiger partial charge is 0.326 e. The summed E-state index contributed by atoms with van der Waals surface area (Å²) in [5.74, 6) is -4.32. The lowest BCUT2D eigenvalue weighted by Crippen LogP contribution is -2.58. The number of nitrogens with one attached hydrogen (secondary N) is 1. The Morgan fingerprint density at radius 1 is 1.22 bits per heavy atom. The maximum Gasteiger partial charge on any atom is 0.282 e. The molecular formula is C15H10ClF3N2O2. The first kappa shape index (κ1) is 15.6. The second-order valence-corrected chi connectivity index (χ2v) is 5.70. The molecule has 1 aromatic heterocycles. The summed E-state index contributed by atoms with van der Waals surface area (Å²) in [4.78, 5) is 27.1. The Bertz CT molecular complexity index is 843. The second kappa shape index (κ2) is 5.42. The van der Waals surface area contributed by atoms with Gasteiger partial charge >= 0.3 is 0 Å². The summed E-state index contributed by atoms with van der Waals surface area (Å²) < 4.78 is 39.4. The molecule has 0 unspecified atom stereocenters. The number of carbonyl (C=O) groups excluding carboxylic acids is 1. The number of alkyl halides is 2. The minimum absolute atomic E-state index is 0.0470. The number of rotatable bonds is 2. The SMILES string of the molecule is O=C(c1cc(F)ccc1-c1cc(Cl)[nH]c(=O)c1)N1CC(F)(F)C1. The number of hydrogen-bond donors (Lipinski definition) is 1. The van der Waals surface area contributed by atoms with Gasteiger partial charge in [-0.2, -0.15) is 0 Å². The van der Waals surface area contributed by atoms with Crippen molar-refractivity contribution >= 4 is 17.5 Å². The van der Waals surface area contributed by atoms with Crippen molar-refractivity contribution in [1.82, 2.24) is 9.88 Å². The molecule has 1 saturated heterocycles. The Labute approximate surface area is 133 Å². The summed E-state index contributed by atoms with van der Waals surface area (Å²) in [5.41, 5.74) is -0.0399.